The number of cyclic esters (lactones) is 1. The summed E-state index contributed by atoms with van der Waals surface area (Å²) in [4.78, 5) is 38.3. The monoisotopic (exact) mass is 566 g/mol. The average molecular weight is 567 g/mol. The molecule has 0 aliphatic carbocycles. The molecular formula is C36H38O6. The second kappa shape index (κ2) is 12.2. The first-order chi connectivity index (χ1) is 19.9. The van der Waals surface area contributed by atoms with Crippen molar-refractivity contribution in [3.8, 4) is 11.5 Å². The van der Waals surface area contributed by atoms with E-state index in [4.69, 9.17) is 14.2 Å². The number of ether oxygens (including phenoxy) is 3. The summed E-state index contributed by atoms with van der Waals surface area (Å²) in [6.45, 7) is 18.9. The van der Waals surface area contributed by atoms with E-state index in [-0.39, 0.29) is 11.8 Å². The summed E-state index contributed by atoms with van der Waals surface area (Å²) in [5, 5.41) is 0. The van der Waals surface area contributed by atoms with Gasteiger partial charge in [0.05, 0.1) is 5.56 Å². The van der Waals surface area contributed by atoms with Gasteiger partial charge in [0.15, 0.2) is 5.60 Å². The average Bonchev–Trinajstić information content (AvgIpc) is 3.29. The van der Waals surface area contributed by atoms with Crippen LogP contribution < -0.4 is 9.47 Å². The van der Waals surface area contributed by atoms with Crippen LogP contribution in [0.3, 0.4) is 0 Å². The maximum absolute atomic E-state index is 13.4. The van der Waals surface area contributed by atoms with Crippen molar-refractivity contribution in [2.75, 3.05) is 0 Å². The second-order valence-corrected chi connectivity index (χ2v) is 11.1. The van der Waals surface area contributed by atoms with E-state index in [1.165, 1.54) is 0 Å². The van der Waals surface area contributed by atoms with Crippen LogP contribution in [0.15, 0.2) is 85.0 Å². The fourth-order valence-electron chi connectivity index (χ4n) is 5.12. The van der Waals surface area contributed by atoms with Gasteiger partial charge in [0.25, 0.3) is 0 Å². The fourth-order valence-corrected chi connectivity index (χ4v) is 5.12. The van der Waals surface area contributed by atoms with Crippen LogP contribution in [-0.4, -0.2) is 17.9 Å². The maximum Gasteiger partial charge on any atom is 0.340 e. The van der Waals surface area contributed by atoms with Crippen LogP contribution in [0.4, 0.5) is 0 Å². The number of esters is 3. The van der Waals surface area contributed by atoms with E-state index in [1.54, 1.807) is 32.0 Å². The van der Waals surface area contributed by atoms with Crippen molar-refractivity contribution in [2.45, 2.75) is 71.8 Å². The molecule has 0 spiro atoms. The summed E-state index contributed by atoms with van der Waals surface area (Å²) in [6.07, 6.45) is 1.59. The number of carbonyl (C=O) groups excluding carboxylic acids is 3. The highest BCUT2D eigenvalue weighted by molar-refractivity contribution is 5.96. The number of hydrogen-bond donors (Lipinski definition) is 0. The molecule has 0 amide bonds. The molecular weight excluding hydrogens is 528 g/mol. The van der Waals surface area contributed by atoms with Crippen LogP contribution in [0.1, 0.15) is 104 Å². The van der Waals surface area contributed by atoms with E-state index < -0.39 is 23.5 Å². The van der Waals surface area contributed by atoms with Crippen LogP contribution in [0.25, 0.3) is 0 Å². The summed E-state index contributed by atoms with van der Waals surface area (Å²) < 4.78 is 17.8. The van der Waals surface area contributed by atoms with Crippen molar-refractivity contribution in [2.24, 2.45) is 0 Å². The van der Waals surface area contributed by atoms with E-state index in [0.29, 0.717) is 44.9 Å². The standard InChI is InChI=1S/C36H38O6/c1-9-23(7)28-19-25(15-17-31(28)40-33(37)21(3)4)36(30-14-12-11-13-27(30)35(39)42-36)26-16-18-32(41-34(38)22(5)6)29(20-26)24(8)10-2/h11-20,23-24H,3,5,9-10H2,1-2,4,6-8H3. The van der Waals surface area contributed by atoms with Gasteiger partial charge >= 0.3 is 17.9 Å². The molecule has 0 aromatic heterocycles. The number of benzene rings is 3. The Kier molecular flexibility index (Phi) is 8.86. The molecule has 3 aromatic carbocycles. The summed E-state index contributed by atoms with van der Waals surface area (Å²) in [7, 11) is 0. The van der Waals surface area contributed by atoms with E-state index >= 15 is 0 Å². The third-order valence-corrected chi connectivity index (χ3v) is 7.99. The summed E-state index contributed by atoms with van der Waals surface area (Å²) in [5.41, 5.74) is 3.56. The third-order valence-electron chi connectivity index (χ3n) is 7.99. The molecule has 42 heavy (non-hydrogen) atoms. The van der Waals surface area contributed by atoms with Gasteiger partial charge in [-0.1, -0.05) is 71.2 Å². The van der Waals surface area contributed by atoms with Crippen molar-refractivity contribution in [1.82, 2.24) is 0 Å². The molecule has 0 N–H and O–H groups in total. The Hall–Kier alpha value is -4.45. The number of hydrogen-bond acceptors (Lipinski definition) is 6. The van der Waals surface area contributed by atoms with Crippen molar-refractivity contribution in [3.63, 3.8) is 0 Å². The fraction of sp³-hybridized carbons (Fsp3) is 0.306. The molecule has 1 heterocycles. The Labute approximate surface area is 248 Å². The Bertz CT molecular complexity index is 1490. The first-order valence-corrected chi connectivity index (χ1v) is 14.3. The molecule has 0 fully saturated rings. The minimum Gasteiger partial charge on any atom is -0.441 e. The molecule has 0 saturated heterocycles. The lowest BCUT2D eigenvalue weighted by molar-refractivity contribution is -0.131. The molecule has 0 radical (unpaired) electrons. The van der Waals surface area contributed by atoms with Crippen molar-refractivity contribution < 1.29 is 28.6 Å². The predicted octanol–water partition coefficient (Wildman–Crippen LogP) is 8.14. The molecule has 1 aliphatic rings. The van der Waals surface area contributed by atoms with Gasteiger partial charge in [0, 0.05) is 27.8 Å². The predicted molar refractivity (Wildman–Crippen MR) is 163 cm³/mol. The number of carbonyl (C=O) groups is 3. The van der Waals surface area contributed by atoms with E-state index in [9.17, 15) is 14.4 Å². The SMILES string of the molecule is C=C(C)C(=O)Oc1ccc(C2(c3ccc(OC(=O)C(=C)C)c(C(C)CC)c3)OC(=O)c3ccccc32)cc1C(C)CC. The molecule has 6 nitrogen and oxygen atoms in total. The smallest absolute Gasteiger partial charge is 0.340 e. The zero-order chi connectivity index (χ0) is 30.8. The molecule has 2 atom stereocenters. The molecule has 218 valence electrons. The van der Waals surface area contributed by atoms with Crippen LogP contribution in [0.2, 0.25) is 0 Å². The normalized spacial score (nSPS) is 17.0. The summed E-state index contributed by atoms with van der Waals surface area (Å²) in [5.74, 6) is -0.469. The zero-order valence-electron chi connectivity index (χ0n) is 25.2. The largest absolute Gasteiger partial charge is 0.441 e. The lowest BCUT2D eigenvalue weighted by Crippen LogP contribution is -2.30. The molecule has 4 rings (SSSR count). The molecule has 0 saturated carbocycles. The van der Waals surface area contributed by atoms with Crippen LogP contribution >= 0.6 is 0 Å². The Balaban J connectivity index is 2.00. The molecule has 0 bridgehead atoms. The van der Waals surface area contributed by atoms with E-state index in [1.807, 2.05) is 42.5 Å². The van der Waals surface area contributed by atoms with E-state index in [2.05, 4.69) is 40.9 Å². The van der Waals surface area contributed by atoms with Gasteiger partial charge in [-0.25, -0.2) is 14.4 Å². The lowest BCUT2D eigenvalue weighted by Gasteiger charge is -2.32. The topological polar surface area (TPSA) is 78.9 Å². The van der Waals surface area contributed by atoms with Gasteiger partial charge in [-0.3, -0.25) is 0 Å². The molecule has 2 unspecified atom stereocenters. The second-order valence-electron chi connectivity index (χ2n) is 11.1. The molecule has 1 aliphatic heterocycles. The summed E-state index contributed by atoms with van der Waals surface area (Å²) in [6, 6.07) is 18.5. The number of rotatable bonds is 10. The Morgan fingerprint density at radius 3 is 1.67 bits per heavy atom. The van der Waals surface area contributed by atoms with Gasteiger partial charge in [0.2, 0.25) is 0 Å². The number of fused-ring (bicyclic) bond motifs is 1. The quantitative estimate of drug-likeness (QED) is 0.140. The minimum atomic E-state index is -1.29. The lowest BCUT2D eigenvalue weighted by atomic mass is 9.77. The van der Waals surface area contributed by atoms with E-state index in [0.717, 1.165) is 24.0 Å². The molecule has 6 heteroatoms. The van der Waals surface area contributed by atoms with Gasteiger partial charge in [-0.2, -0.15) is 0 Å². The maximum atomic E-state index is 13.4. The van der Waals surface area contributed by atoms with Crippen molar-refractivity contribution in [3.05, 3.63) is 118 Å². The highest BCUT2D eigenvalue weighted by atomic mass is 16.6. The Morgan fingerprint density at radius 2 is 1.24 bits per heavy atom. The van der Waals surface area contributed by atoms with Crippen LogP contribution in [0, 0.1) is 0 Å². The Morgan fingerprint density at radius 1 is 0.786 bits per heavy atom. The summed E-state index contributed by atoms with van der Waals surface area (Å²) >= 11 is 0. The van der Waals surface area contributed by atoms with Crippen LogP contribution in [0.5, 0.6) is 11.5 Å². The highest BCUT2D eigenvalue weighted by Gasteiger charge is 2.49. The third kappa shape index (κ3) is 5.54. The van der Waals surface area contributed by atoms with Crippen LogP contribution in [-0.2, 0) is 19.9 Å². The van der Waals surface area contributed by atoms with Crippen molar-refractivity contribution >= 4 is 17.9 Å². The molecule has 3 aromatic rings. The highest BCUT2D eigenvalue weighted by Crippen LogP contribution is 2.49. The first-order valence-electron chi connectivity index (χ1n) is 14.3. The van der Waals surface area contributed by atoms with Gasteiger partial charge < -0.3 is 14.2 Å². The van der Waals surface area contributed by atoms with Gasteiger partial charge in [-0.05, 0) is 80.0 Å². The van der Waals surface area contributed by atoms with Gasteiger partial charge in [0.1, 0.15) is 11.5 Å². The zero-order valence-corrected chi connectivity index (χ0v) is 25.2. The first kappa shape index (κ1) is 30.5. The minimum absolute atomic E-state index is 0.0434. The van der Waals surface area contributed by atoms with Crippen molar-refractivity contribution in [1.29, 1.82) is 0 Å². The van der Waals surface area contributed by atoms with Gasteiger partial charge in [-0.15, -0.1) is 0 Å².